The minimum Gasteiger partial charge on any atom is -0.497 e. The van der Waals surface area contributed by atoms with Crippen LogP contribution in [0.4, 0.5) is 5.69 Å². The van der Waals surface area contributed by atoms with Crippen molar-refractivity contribution in [3.05, 3.63) is 48.0 Å². The smallest absolute Gasteiger partial charge is 0.191 e. The average Bonchev–Trinajstić information content (AvgIpc) is 2.81. The van der Waals surface area contributed by atoms with Crippen molar-refractivity contribution in [1.29, 1.82) is 0 Å². The van der Waals surface area contributed by atoms with E-state index in [1.165, 1.54) is 0 Å². The number of rotatable bonds is 7. The zero-order valence-electron chi connectivity index (χ0n) is 18.3. The fourth-order valence-electron chi connectivity index (χ4n) is 3.67. The minimum atomic E-state index is 0.373. The van der Waals surface area contributed by atoms with E-state index in [9.17, 15) is 0 Å². The van der Waals surface area contributed by atoms with Crippen LogP contribution in [0.3, 0.4) is 0 Å². The van der Waals surface area contributed by atoms with Crippen LogP contribution >= 0.6 is 0 Å². The van der Waals surface area contributed by atoms with E-state index in [4.69, 9.17) is 14.2 Å². The Bertz CT molecular complexity index is 826. The van der Waals surface area contributed by atoms with Crippen LogP contribution in [0.15, 0.2) is 47.5 Å². The highest BCUT2D eigenvalue weighted by Crippen LogP contribution is 2.30. The van der Waals surface area contributed by atoms with Crippen LogP contribution in [0.1, 0.15) is 18.4 Å². The van der Waals surface area contributed by atoms with Gasteiger partial charge in [0.1, 0.15) is 17.2 Å². The van der Waals surface area contributed by atoms with E-state index in [1.54, 1.807) is 28.4 Å². The molecule has 0 unspecified atom stereocenters. The molecule has 2 aromatic rings. The van der Waals surface area contributed by atoms with Crippen molar-refractivity contribution in [3.63, 3.8) is 0 Å². The molecule has 2 N–H and O–H groups in total. The molecular formula is C23H32N4O3. The van der Waals surface area contributed by atoms with E-state index in [1.807, 2.05) is 24.3 Å². The largest absolute Gasteiger partial charge is 0.497 e. The summed E-state index contributed by atoms with van der Waals surface area (Å²) < 4.78 is 16.2. The predicted octanol–water partition coefficient (Wildman–Crippen LogP) is 3.05. The molecule has 0 saturated carbocycles. The van der Waals surface area contributed by atoms with Gasteiger partial charge in [0.05, 0.1) is 21.3 Å². The van der Waals surface area contributed by atoms with Crippen LogP contribution in [0.2, 0.25) is 0 Å². The zero-order valence-corrected chi connectivity index (χ0v) is 18.3. The van der Waals surface area contributed by atoms with Gasteiger partial charge in [0.2, 0.25) is 0 Å². The molecule has 30 heavy (non-hydrogen) atoms. The third-order valence-electron chi connectivity index (χ3n) is 5.40. The lowest BCUT2D eigenvalue weighted by Gasteiger charge is -2.34. The van der Waals surface area contributed by atoms with Gasteiger partial charge in [0.15, 0.2) is 5.96 Å². The topological polar surface area (TPSA) is 67.4 Å². The summed E-state index contributed by atoms with van der Waals surface area (Å²) in [5, 5.41) is 6.95. The summed E-state index contributed by atoms with van der Waals surface area (Å²) in [7, 11) is 6.85. The Balaban J connectivity index is 1.53. The first-order valence-corrected chi connectivity index (χ1v) is 10.2. The van der Waals surface area contributed by atoms with Crippen LogP contribution in [-0.2, 0) is 6.54 Å². The predicted molar refractivity (Wildman–Crippen MR) is 121 cm³/mol. The number of para-hydroxylation sites is 1. The highest BCUT2D eigenvalue weighted by molar-refractivity contribution is 5.80. The number of anilines is 1. The number of guanidine groups is 1. The summed E-state index contributed by atoms with van der Waals surface area (Å²) in [6.45, 7) is 2.57. The lowest BCUT2D eigenvalue weighted by atomic mass is 10.0. The molecule has 7 nitrogen and oxygen atoms in total. The third-order valence-corrected chi connectivity index (χ3v) is 5.40. The van der Waals surface area contributed by atoms with E-state index in [0.29, 0.717) is 12.6 Å². The van der Waals surface area contributed by atoms with Gasteiger partial charge in [-0.2, -0.15) is 0 Å². The summed E-state index contributed by atoms with van der Waals surface area (Å²) in [6, 6.07) is 14.4. The number of ether oxygens (including phenoxy) is 3. The summed E-state index contributed by atoms with van der Waals surface area (Å²) >= 11 is 0. The molecule has 1 aliphatic heterocycles. The quantitative estimate of drug-likeness (QED) is 0.538. The number of hydrogen-bond donors (Lipinski definition) is 2. The van der Waals surface area contributed by atoms with E-state index >= 15 is 0 Å². The van der Waals surface area contributed by atoms with Gasteiger partial charge >= 0.3 is 0 Å². The summed E-state index contributed by atoms with van der Waals surface area (Å²) in [5.74, 6) is 3.31. The van der Waals surface area contributed by atoms with Crippen molar-refractivity contribution in [2.75, 3.05) is 46.4 Å². The Labute approximate surface area is 179 Å². The van der Waals surface area contributed by atoms with Gasteiger partial charge in [0, 0.05) is 62.2 Å². The highest BCUT2D eigenvalue weighted by Gasteiger charge is 2.21. The number of aliphatic imine (C=N–C) groups is 1. The van der Waals surface area contributed by atoms with Crippen molar-refractivity contribution >= 4 is 11.6 Å². The van der Waals surface area contributed by atoms with Gasteiger partial charge in [-0.3, -0.25) is 4.99 Å². The van der Waals surface area contributed by atoms with Gasteiger partial charge in [-0.15, -0.1) is 0 Å². The maximum Gasteiger partial charge on any atom is 0.191 e. The van der Waals surface area contributed by atoms with E-state index in [2.05, 4.69) is 38.7 Å². The first-order valence-electron chi connectivity index (χ1n) is 10.2. The standard InChI is InChI=1S/C23H32N4O3/c1-24-23(25-16-17-7-5-6-8-22(17)30-4)26-18-9-11-27(12-10-18)19-13-20(28-2)15-21(14-19)29-3/h5-8,13-15,18H,9-12,16H2,1-4H3,(H2,24,25,26). The van der Waals surface area contributed by atoms with E-state index in [-0.39, 0.29) is 0 Å². The number of benzene rings is 2. The van der Waals surface area contributed by atoms with Crippen molar-refractivity contribution < 1.29 is 14.2 Å². The fourth-order valence-corrected chi connectivity index (χ4v) is 3.67. The Morgan fingerprint density at radius 1 is 1.00 bits per heavy atom. The second-order valence-corrected chi connectivity index (χ2v) is 7.21. The lowest BCUT2D eigenvalue weighted by Crippen LogP contribution is -2.48. The van der Waals surface area contributed by atoms with Gasteiger partial charge in [0.25, 0.3) is 0 Å². The summed E-state index contributed by atoms with van der Waals surface area (Å²) in [5.41, 5.74) is 2.23. The average molecular weight is 413 g/mol. The Kier molecular flexibility index (Phi) is 7.65. The fraction of sp³-hybridized carbons (Fsp3) is 0.435. The Morgan fingerprint density at radius 2 is 1.67 bits per heavy atom. The van der Waals surface area contributed by atoms with E-state index in [0.717, 1.165) is 60.4 Å². The summed E-state index contributed by atoms with van der Waals surface area (Å²) in [4.78, 5) is 6.75. The van der Waals surface area contributed by atoms with Gasteiger partial charge in [-0.05, 0) is 18.9 Å². The molecule has 1 aliphatic rings. The molecule has 2 aromatic carbocycles. The molecule has 0 atom stereocenters. The molecule has 0 aliphatic carbocycles. The molecule has 7 heteroatoms. The molecule has 1 fully saturated rings. The second-order valence-electron chi connectivity index (χ2n) is 7.21. The Morgan fingerprint density at radius 3 is 2.27 bits per heavy atom. The molecule has 0 bridgehead atoms. The molecule has 0 aromatic heterocycles. The number of hydrogen-bond acceptors (Lipinski definition) is 5. The molecule has 1 heterocycles. The first-order chi connectivity index (χ1) is 14.7. The van der Waals surface area contributed by atoms with Crippen LogP contribution in [-0.4, -0.2) is 53.5 Å². The maximum atomic E-state index is 5.42. The molecule has 0 radical (unpaired) electrons. The number of methoxy groups -OCH3 is 3. The molecule has 0 amide bonds. The van der Waals surface area contributed by atoms with Crippen molar-refractivity contribution in [3.8, 4) is 17.2 Å². The van der Waals surface area contributed by atoms with Crippen molar-refractivity contribution in [2.45, 2.75) is 25.4 Å². The first kappa shape index (κ1) is 21.6. The maximum absolute atomic E-state index is 5.42. The van der Waals surface area contributed by atoms with Gasteiger partial charge in [-0.1, -0.05) is 18.2 Å². The number of piperidine rings is 1. The lowest BCUT2D eigenvalue weighted by molar-refractivity contribution is 0.393. The SMILES string of the molecule is CN=C(NCc1ccccc1OC)NC1CCN(c2cc(OC)cc(OC)c2)CC1. The van der Waals surface area contributed by atoms with Crippen molar-refractivity contribution in [1.82, 2.24) is 10.6 Å². The third kappa shape index (κ3) is 5.49. The number of nitrogens with zero attached hydrogens (tertiary/aromatic N) is 2. The highest BCUT2D eigenvalue weighted by atomic mass is 16.5. The molecule has 162 valence electrons. The van der Waals surface area contributed by atoms with Gasteiger partial charge < -0.3 is 29.7 Å². The minimum absolute atomic E-state index is 0.373. The van der Waals surface area contributed by atoms with Crippen LogP contribution < -0.4 is 29.7 Å². The summed E-state index contributed by atoms with van der Waals surface area (Å²) in [6.07, 6.45) is 2.05. The zero-order chi connectivity index (χ0) is 21.3. The Hall–Kier alpha value is -3.09. The van der Waals surface area contributed by atoms with Crippen molar-refractivity contribution in [2.24, 2.45) is 4.99 Å². The van der Waals surface area contributed by atoms with E-state index < -0.39 is 0 Å². The van der Waals surface area contributed by atoms with Crippen LogP contribution in [0, 0.1) is 0 Å². The normalized spacial score (nSPS) is 14.9. The second kappa shape index (κ2) is 10.6. The monoisotopic (exact) mass is 412 g/mol. The van der Waals surface area contributed by atoms with Crippen LogP contribution in [0.25, 0.3) is 0 Å². The van der Waals surface area contributed by atoms with Crippen LogP contribution in [0.5, 0.6) is 17.2 Å². The molecular weight excluding hydrogens is 380 g/mol. The molecule has 1 saturated heterocycles. The van der Waals surface area contributed by atoms with Gasteiger partial charge in [-0.25, -0.2) is 0 Å². The molecule has 0 spiro atoms. The molecule has 3 rings (SSSR count). The number of nitrogens with one attached hydrogen (secondary N) is 2.